The molecule has 0 saturated carbocycles. The fraction of sp³-hybridized carbons (Fsp3) is 0.391. The van der Waals surface area contributed by atoms with Gasteiger partial charge in [-0.05, 0) is 55.2 Å². The summed E-state index contributed by atoms with van der Waals surface area (Å²) in [6.45, 7) is 3.94. The summed E-state index contributed by atoms with van der Waals surface area (Å²) in [4.78, 5) is 16.0. The second-order valence-electron chi connectivity index (χ2n) is 6.65. The van der Waals surface area contributed by atoms with E-state index in [2.05, 4.69) is 27.0 Å². The molecule has 0 aliphatic carbocycles. The molecule has 7 nitrogen and oxygen atoms in total. The van der Waals surface area contributed by atoms with Crippen molar-refractivity contribution in [1.82, 2.24) is 16.0 Å². The number of benzene rings is 2. The number of amides is 1. The Morgan fingerprint density at radius 3 is 2.55 bits per heavy atom. The summed E-state index contributed by atoms with van der Waals surface area (Å²) in [6, 6.07) is 13.6. The molecule has 0 bridgehead atoms. The van der Waals surface area contributed by atoms with Gasteiger partial charge in [-0.3, -0.25) is 9.79 Å². The van der Waals surface area contributed by atoms with E-state index in [0.717, 1.165) is 42.4 Å². The lowest BCUT2D eigenvalue weighted by molar-refractivity contribution is 0.0963. The molecule has 1 amide bonds. The van der Waals surface area contributed by atoms with Crippen molar-refractivity contribution in [3.63, 3.8) is 0 Å². The highest BCUT2D eigenvalue weighted by molar-refractivity contribution is 14.0. The third-order valence-corrected chi connectivity index (χ3v) is 4.56. The van der Waals surface area contributed by atoms with Gasteiger partial charge < -0.3 is 25.4 Å². The number of guanidine groups is 1. The van der Waals surface area contributed by atoms with E-state index in [1.807, 2.05) is 37.3 Å². The maximum Gasteiger partial charge on any atom is 0.251 e. The summed E-state index contributed by atoms with van der Waals surface area (Å²) in [5.74, 6) is 2.17. The van der Waals surface area contributed by atoms with E-state index in [1.165, 1.54) is 5.56 Å². The van der Waals surface area contributed by atoms with E-state index in [4.69, 9.17) is 9.47 Å². The van der Waals surface area contributed by atoms with Crippen molar-refractivity contribution < 1.29 is 14.3 Å². The van der Waals surface area contributed by atoms with Crippen LogP contribution in [0.2, 0.25) is 0 Å². The quantitative estimate of drug-likeness (QED) is 0.186. The fourth-order valence-electron chi connectivity index (χ4n) is 3.02. The van der Waals surface area contributed by atoms with Crippen LogP contribution in [0.4, 0.5) is 0 Å². The van der Waals surface area contributed by atoms with Gasteiger partial charge in [0.25, 0.3) is 5.91 Å². The van der Waals surface area contributed by atoms with E-state index < -0.39 is 0 Å². The van der Waals surface area contributed by atoms with Crippen molar-refractivity contribution >= 4 is 35.8 Å². The van der Waals surface area contributed by atoms with Gasteiger partial charge in [0.1, 0.15) is 0 Å². The third kappa shape index (κ3) is 8.64. The zero-order valence-corrected chi connectivity index (χ0v) is 21.0. The first kappa shape index (κ1) is 26.5. The molecule has 0 aliphatic rings. The van der Waals surface area contributed by atoms with Gasteiger partial charge in [-0.2, -0.15) is 0 Å². The molecule has 2 aromatic rings. The number of rotatable bonds is 10. The van der Waals surface area contributed by atoms with E-state index >= 15 is 0 Å². The molecule has 2 aromatic carbocycles. The van der Waals surface area contributed by atoms with E-state index in [1.54, 1.807) is 27.3 Å². The van der Waals surface area contributed by atoms with Crippen LogP contribution in [-0.4, -0.2) is 46.2 Å². The molecule has 2 rings (SSSR count). The standard InChI is InChI=1S/C23H32N4O3.HI/c1-5-30-21-15-17(11-12-20(21)29-4)9-7-13-26-23(25-3)27-16-18-8-6-10-19(14-18)22(28)24-2;/h6,8,10-12,14-15H,5,7,9,13,16H2,1-4H3,(H,24,28)(H2,25,26,27);1H. The number of aryl methyl sites for hydroxylation is 1. The highest BCUT2D eigenvalue weighted by Crippen LogP contribution is 2.28. The summed E-state index contributed by atoms with van der Waals surface area (Å²) in [5.41, 5.74) is 2.86. The Morgan fingerprint density at radius 1 is 1.06 bits per heavy atom. The normalized spacial score (nSPS) is 10.6. The molecule has 0 atom stereocenters. The maximum atomic E-state index is 11.8. The number of hydrogen-bond donors (Lipinski definition) is 3. The van der Waals surface area contributed by atoms with Crippen LogP contribution in [-0.2, 0) is 13.0 Å². The molecule has 0 aromatic heterocycles. The number of carbonyl (C=O) groups excluding carboxylic acids is 1. The number of carbonyl (C=O) groups is 1. The number of methoxy groups -OCH3 is 1. The van der Waals surface area contributed by atoms with Gasteiger partial charge in [-0.1, -0.05) is 18.2 Å². The van der Waals surface area contributed by atoms with Crippen molar-refractivity contribution in [3.8, 4) is 11.5 Å². The van der Waals surface area contributed by atoms with Crippen molar-refractivity contribution in [1.29, 1.82) is 0 Å². The number of hydrogen-bond acceptors (Lipinski definition) is 4. The second kappa shape index (κ2) is 14.5. The van der Waals surface area contributed by atoms with Crippen LogP contribution in [0.5, 0.6) is 11.5 Å². The highest BCUT2D eigenvalue weighted by atomic mass is 127. The zero-order valence-electron chi connectivity index (χ0n) is 18.7. The van der Waals surface area contributed by atoms with Crippen molar-refractivity contribution in [2.45, 2.75) is 26.3 Å². The van der Waals surface area contributed by atoms with Gasteiger partial charge >= 0.3 is 0 Å². The Labute approximate surface area is 202 Å². The van der Waals surface area contributed by atoms with Crippen LogP contribution in [0.3, 0.4) is 0 Å². The second-order valence-corrected chi connectivity index (χ2v) is 6.65. The van der Waals surface area contributed by atoms with Gasteiger partial charge in [0, 0.05) is 32.7 Å². The SMILES string of the molecule is CCOc1cc(CCCNC(=NC)NCc2cccc(C(=O)NC)c2)ccc1OC.I. The molecule has 0 fully saturated rings. The molecule has 0 spiro atoms. The minimum absolute atomic E-state index is 0. The lowest BCUT2D eigenvalue weighted by Crippen LogP contribution is -2.37. The first-order valence-corrected chi connectivity index (χ1v) is 10.2. The zero-order chi connectivity index (χ0) is 21.8. The summed E-state index contributed by atoms with van der Waals surface area (Å²) in [5, 5.41) is 9.24. The molecule has 0 heterocycles. The monoisotopic (exact) mass is 540 g/mol. The molecule has 0 saturated heterocycles. The Morgan fingerprint density at radius 2 is 1.87 bits per heavy atom. The number of nitrogens with one attached hydrogen (secondary N) is 3. The van der Waals surface area contributed by atoms with Crippen molar-refractivity contribution in [2.75, 3.05) is 34.4 Å². The molecule has 0 aliphatic heterocycles. The van der Waals surface area contributed by atoms with E-state index in [9.17, 15) is 4.79 Å². The van der Waals surface area contributed by atoms with Crippen LogP contribution in [0.15, 0.2) is 47.5 Å². The largest absolute Gasteiger partial charge is 0.493 e. The number of halogens is 1. The minimum Gasteiger partial charge on any atom is -0.493 e. The molecule has 170 valence electrons. The lowest BCUT2D eigenvalue weighted by atomic mass is 10.1. The summed E-state index contributed by atoms with van der Waals surface area (Å²) < 4.78 is 11.0. The highest BCUT2D eigenvalue weighted by Gasteiger charge is 2.06. The summed E-state index contributed by atoms with van der Waals surface area (Å²) in [7, 11) is 5.02. The predicted molar refractivity (Wildman–Crippen MR) is 136 cm³/mol. The Bertz CT molecular complexity index is 858. The van der Waals surface area contributed by atoms with Crippen LogP contribution in [0.25, 0.3) is 0 Å². The van der Waals surface area contributed by atoms with Gasteiger partial charge in [0.2, 0.25) is 0 Å². The van der Waals surface area contributed by atoms with Crippen molar-refractivity contribution in [3.05, 3.63) is 59.2 Å². The first-order valence-electron chi connectivity index (χ1n) is 10.2. The number of ether oxygens (including phenoxy) is 2. The molecule has 3 N–H and O–H groups in total. The Balaban J connectivity index is 0.00000480. The maximum absolute atomic E-state index is 11.8. The molecule has 0 unspecified atom stereocenters. The molecule has 8 heteroatoms. The number of aliphatic imine (C=N–C) groups is 1. The van der Waals surface area contributed by atoms with Crippen LogP contribution in [0.1, 0.15) is 34.8 Å². The van der Waals surface area contributed by atoms with Crippen LogP contribution >= 0.6 is 24.0 Å². The Hall–Kier alpha value is -2.49. The van der Waals surface area contributed by atoms with Gasteiger partial charge in [-0.25, -0.2) is 0 Å². The topological polar surface area (TPSA) is 84.0 Å². The minimum atomic E-state index is -0.0922. The van der Waals surface area contributed by atoms with Gasteiger partial charge in [0.05, 0.1) is 13.7 Å². The van der Waals surface area contributed by atoms with E-state index in [0.29, 0.717) is 18.7 Å². The smallest absolute Gasteiger partial charge is 0.251 e. The van der Waals surface area contributed by atoms with Crippen molar-refractivity contribution in [2.24, 2.45) is 4.99 Å². The number of nitrogens with zero attached hydrogens (tertiary/aromatic N) is 1. The summed E-state index contributed by atoms with van der Waals surface area (Å²) >= 11 is 0. The summed E-state index contributed by atoms with van der Waals surface area (Å²) in [6.07, 6.45) is 1.87. The predicted octanol–water partition coefficient (Wildman–Crippen LogP) is 3.37. The van der Waals surface area contributed by atoms with Crippen LogP contribution in [0, 0.1) is 0 Å². The average molecular weight is 540 g/mol. The third-order valence-electron chi connectivity index (χ3n) is 4.56. The van der Waals surface area contributed by atoms with Gasteiger partial charge in [-0.15, -0.1) is 24.0 Å². The molecule has 0 radical (unpaired) electrons. The first-order chi connectivity index (χ1) is 14.6. The lowest BCUT2D eigenvalue weighted by Gasteiger charge is -2.13. The Kier molecular flexibility index (Phi) is 12.4. The van der Waals surface area contributed by atoms with E-state index in [-0.39, 0.29) is 29.9 Å². The molecular weight excluding hydrogens is 507 g/mol. The molecule has 31 heavy (non-hydrogen) atoms. The van der Waals surface area contributed by atoms with Gasteiger partial charge in [0.15, 0.2) is 17.5 Å². The fourth-order valence-corrected chi connectivity index (χ4v) is 3.02. The average Bonchev–Trinajstić information content (AvgIpc) is 2.78. The molecular formula is C23H33IN4O3. The van der Waals surface area contributed by atoms with Crippen LogP contribution < -0.4 is 25.4 Å².